The predicted molar refractivity (Wildman–Crippen MR) is 68.2 cm³/mol. The van der Waals surface area contributed by atoms with E-state index in [1.54, 1.807) is 0 Å². The molecule has 1 aromatic rings. The van der Waals surface area contributed by atoms with Crippen molar-refractivity contribution in [2.24, 2.45) is 0 Å². The summed E-state index contributed by atoms with van der Waals surface area (Å²) in [5.74, 6) is -0.604. The average Bonchev–Trinajstić information content (AvgIpc) is 2.76. The van der Waals surface area contributed by atoms with Crippen molar-refractivity contribution in [3.63, 3.8) is 0 Å². The molecule has 2 aliphatic rings. The molecule has 0 bridgehead atoms. The summed E-state index contributed by atoms with van der Waals surface area (Å²) in [5.41, 5.74) is -1.35. The molecule has 0 spiro atoms. The second-order valence-corrected chi connectivity index (χ2v) is 5.95. The van der Waals surface area contributed by atoms with Crippen LogP contribution in [0.4, 0.5) is 13.2 Å². The van der Waals surface area contributed by atoms with Gasteiger partial charge in [-0.25, -0.2) is 0 Å². The molecule has 2 N–H and O–H groups in total. The van der Waals surface area contributed by atoms with Crippen LogP contribution in [0.25, 0.3) is 0 Å². The Bertz CT molecular complexity index is 607. The maximum absolute atomic E-state index is 12.6. The van der Waals surface area contributed by atoms with Gasteiger partial charge in [-0.1, -0.05) is 0 Å². The van der Waals surface area contributed by atoms with E-state index >= 15 is 0 Å². The Labute approximate surface area is 124 Å². The van der Waals surface area contributed by atoms with E-state index in [1.165, 1.54) is 0 Å². The van der Waals surface area contributed by atoms with E-state index in [4.69, 9.17) is 4.74 Å². The van der Waals surface area contributed by atoms with Gasteiger partial charge in [0.15, 0.2) is 11.3 Å². The van der Waals surface area contributed by atoms with Crippen molar-refractivity contribution in [1.82, 2.24) is 15.1 Å². The minimum atomic E-state index is -4.74. The smallest absolute Gasteiger partial charge is 0.378 e. The lowest BCUT2D eigenvalue weighted by Gasteiger charge is -2.46. The summed E-state index contributed by atoms with van der Waals surface area (Å²) in [5, 5.41) is 16.1. The number of hydrogen-bond donors (Lipinski definition) is 2. The minimum Gasteiger partial charge on any atom is -0.378 e. The number of carbonyl (C=O) groups is 1. The third-order valence-corrected chi connectivity index (χ3v) is 4.16. The summed E-state index contributed by atoms with van der Waals surface area (Å²) in [7, 11) is 0. The number of hydrogen-bond acceptors (Lipinski definition) is 4. The van der Waals surface area contributed by atoms with Crippen LogP contribution in [0.5, 0.6) is 0 Å². The molecule has 1 fully saturated rings. The quantitative estimate of drug-likeness (QED) is 0.815. The van der Waals surface area contributed by atoms with Gasteiger partial charge in [0.25, 0.3) is 5.91 Å². The number of rotatable bonds is 1. The van der Waals surface area contributed by atoms with Gasteiger partial charge in [0.1, 0.15) is 0 Å². The van der Waals surface area contributed by atoms with Crippen molar-refractivity contribution in [2.45, 2.75) is 44.3 Å². The number of fused-ring (bicyclic) bond motifs is 1. The van der Waals surface area contributed by atoms with Crippen molar-refractivity contribution in [2.75, 3.05) is 13.1 Å². The third kappa shape index (κ3) is 2.19. The number of aromatic nitrogens is 2. The van der Waals surface area contributed by atoms with Gasteiger partial charge < -0.3 is 14.7 Å². The molecule has 1 aromatic heterocycles. The first-order valence-corrected chi connectivity index (χ1v) is 6.93. The topological polar surface area (TPSA) is 78.5 Å². The Balaban J connectivity index is 1.79. The Hall–Kier alpha value is -1.61. The number of H-pyrrole nitrogens is 1. The lowest BCUT2D eigenvalue weighted by Crippen LogP contribution is -2.70. The molecule has 122 valence electrons. The number of carbonyl (C=O) groups excluding carboxylic acids is 1. The molecule has 0 aromatic carbocycles. The molecule has 0 saturated carbocycles. The van der Waals surface area contributed by atoms with Crippen LogP contribution in [0.3, 0.4) is 0 Å². The van der Waals surface area contributed by atoms with Crippen LogP contribution in [0, 0.1) is 0 Å². The van der Waals surface area contributed by atoms with E-state index in [1.807, 2.05) is 13.8 Å². The van der Waals surface area contributed by atoms with Crippen LogP contribution in [0.2, 0.25) is 0 Å². The lowest BCUT2D eigenvalue weighted by molar-refractivity contribution is -0.294. The average molecular weight is 319 g/mol. The van der Waals surface area contributed by atoms with Crippen LogP contribution >= 0.6 is 0 Å². The Morgan fingerprint density at radius 2 is 2.09 bits per heavy atom. The molecule has 6 nitrogen and oxygen atoms in total. The Morgan fingerprint density at radius 3 is 2.68 bits per heavy atom. The molecular formula is C13H16F3N3O3. The number of amides is 1. The number of aliphatic hydroxyl groups is 1. The summed E-state index contributed by atoms with van der Waals surface area (Å²) in [6.45, 7) is 2.14. The van der Waals surface area contributed by atoms with Gasteiger partial charge in [-0.15, -0.1) is 0 Å². The molecular weight excluding hydrogens is 303 g/mol. The van der Waals surface area contributed by atoms with Gasteiger partial charge in [-0.3, -0.25) is 9.89 Å². The predicted octanol–water partition coefficient (Wildman–Crippen LogP) is 1.18. The number of halogens is 3. The maximum Gasteiger partial charge on any atom is 0.420 e. The van der Waals surface area contributed by atoms with Crippen molar-refractivity contribution >= 4 is 5.91 Å². The van der Waals surface area contributed by atoms with Gasteiger partial charge >= 0.3 is 6.18 Å². The van der Waals surface area contributed by atoms with E-state index in [9.17, 15) is 23.1 Å². The number of nitrogens with one attached hydrogen (secondary N) is 1. The fraction of sp³-hybridized carbons (Fsp3) is 0.692. The van der Waals surface area contributed by atoms with E-state index in [0.717, 1.165) is 4.90 Å². The fourth-order valence-electron chi connectivity index (χ4n) is 2.91. The van der Waals surface area contributed by atoms with Crippen LogP contribution in [0.1, 0.15) is 41.7 Å². The highest BCUT2D eigenvalue weighted by molar-refractivity contribution is 5.94. The molecule has 9 heteroatoms. The molecule has 22 heavy (non-hydrogen) atoms. The van der Waals surface area contributed by atoms with Gasteiger partial charge in [-0.2, -0.15) is 18.3 Å². The summed E-state index contributed by atoms with van der Waals surface area (Å²) in [6, 6.07) is 0. The monoisotopic (exact) mass is 319 g/mol. The van der Waals surface area contributed by atoms with Gasteiger partial charge in [0, 0.05) is 12.0 Å². The zero-order valence-electron chi connectivity index (χ0n) is 12.1. The Kier molecular flexibility index (Phi) is 3.26. The van der Waals surface area contributed by atoms with Gasteiger partial charge in [0.2, 0.25) is 0 Å². The van der Waals surface area contributed by atoms with Crippen LogP contribution in [-0.4, -0.2) is 57.1 Å². The number of alkyl halides is 3. The highest BCUT2D eigenvalue weighted by Gasteiger charge is 2.62. The zero-order chi connectivity index (χ0) is 16.3. The standard InChI is InChI=1S/C13H16F3N3O3/c1-6-3-8-9(7(2)22-6)17-18-10(8)11(20)19-4-12(21,5-19)13(14,15)16/h6-7,21H,3-5H2,1-2H3,(H,17,18)/t6-,7+/m1/s1. The number of nitrogens with zero attached hydrogens (tertiary/aromatic N) is 2. The molecule has 3 heterocycles. The lowest BCUT2D eigenvalue weighted by atomic mass is 9.92. The highest BCUT2D eigenvalue weighted by atomic mass is 19.4. The molecule has 0 radical (unpaired) electrons. The summed E-state index contributed by atoms with van der Waals surface area (Å²) in [4.78, 5) is 13.3. The first kappa shape index (κ1) is 15.3. The summed E-state index contributed by atoms with van der Waals surface area (Å²) >= 11 is 0. The van der Waals surface area contributed by atoms with Crippen molar-refractivity contribution < 1.29 is 27.8 Å². The van der Waals surface area contributed by atoms with E-state index in [-0.39, 0.29) is 17.9 Å². The van der Waals surface area contributed by atoms with E-state index in [0.29, 0.717) is 17.7 Å². The van der Waals surface area contributed by atoms with Gasteiger partial charge in [-0.05, 0) is 13.8 Å². The zero-order valence-corrected chi connectivity index (χ0v) is 12.1. The third-order valence-electron chi connectivity index (χ3n) is 4.16. The second-order valence-electron chi connectivity index (χ2n) is 5.95. The molecule has 3 rings (SSSR count). The first-order valence-electron chi connectivity index (χ1n) is 6.93. The summed E-state index contributed by atoms with van der Waals surface area (Å²) < 4.78 is 43.4. The minimum absolute atomic E-state index is 0.102. The maximum atomic E-state index is 12.6. The molecule has 2 aliphatic heterocycles. The summed E-state index contributed by atoms with van der Waals surface area (Å²) in [6.07, 6.45) is -4.63. The number of ether oxygens (including phenoxy) is 1. The largest absolute Gasteiger partial charge is 0.420 e. The number of aromatic amines is 1. The molecule has 0 aliphatic carbocycles. The van der Waals surface area contributed by atoms with Crippen LogP contribution in [-0.2, 0) is 11.2 Å². The number of β-amino-alcohol motifs (C(OH)–C–C–N with tert-alkyl or cyclic N) is 1. The molecule has 1 amide bonds. The van der Waals surface area contributed by atoms with Crippen LogP contribution < -0.4 is 0 Å². The second kappa shape index (κ2) is 4.69. The van der Waals surface area contributed by atoms with E-state index < -0.39 is 30.8 Å². The van der Waals surface area contributed by atoms with Gasteiger partial charge in [0.05, 0.1) is 31.0 Å². The molecule has 2 atom stereocenters. The first-order chi connectivity index (χ1) is 10.1. The Morgan fingerprint density at radius 1 is 1.45 bits per heavy atom. The van der Waals surface area contributed by atoms with Crippen molar-refractivity contribution in [3.8, 4) is 0 Å². The SMILES string of the molecule is C[C@@H]1Cc2c(C(=O)N3CC(O)(C(F)(F)F)C3)n[nH]c2[C@H](C)O1. The molecule has 0 unspecified atom stereocenters. The number of likely N-dealkylation sites (tertiary alicyclic amines) is 1. The van der Waals surface area contributed by atoms with Crippen LogP contribution in [0.15, 0.2) is 0 Å². The normalized spacial score (nSPS) is 27.3. The highest BCUT2D eigenvalue weighted by Crippen LogP contribution is 2.39. The molecule has 1 saturated heterocycles. The van der Waals surface area contributed by atoms with Crippen molar-refractivity contribution in [3.05, 3.63) is 17.0 Å². The van der Waals surface area contributed by atoms with Crippen molar-refractivity contribution in [1.29, 1.82) is 0 Å². The fourth-order valence-corrected chi connectivity index (χ4v) is 2.91. The van der Waals surface area contributed by atoms with E-state index in [2.05, 4.69) is 10.2 Å².